The minimum atomic E-state index is 0.139. The molecule has 2 N–H and O–H groups in total. The van der Waals surface area contributed by atoms with E-state index in [1.807, 2.05) is 29.2 Å². The van der Waals surface area contributed by atoms with Crippen molar-refractivity contribution in [1.82, 2.24) is 0 Å². The highest BCUT2D eigenvalue weighted by Crippen LogP contribution is 2.25. The van der Waals surface area contributed by atoms with Gasteiger partial charge in [0.1, 0.15) is 0 Å². The molecule has 4 heteroatoms. The van der Waals surface area contributed by atoms with Crippen molar-refractivity contribution in [2.75, 3.05) is 23.8 Å². The minimum Gasteiger partial charge on any atom is -0.397 e. The second-order valence-corrected chi connectivity index (χ2v) is 5.28. The normalized spacial score (nSPS) is 18.1. The molecule has 2 rings (SSSR count). The Bertz CT molecular complexity index is 442. The van der Waals surface area contributed by atoms with Gasteiger partial charge in [-0.3, -0.25) is 4.79 Å². The molecule has 1 aromatic carbocycles. The Morgan fingerprint density at radius 2 is 2.25 bits per heavy atom. The second kappa shape index (κ2) is 7.29. The van der Waals surface area contributed by atoms with Crippen LogP contribution in [0.25, 0.3) is 0 Å². The molecule has 0 radical (unpaired) electrons. The summed E-state index contributed by atoms with van der Waals surface area (Å²) in [6.07, 6.45) is 4.71. The van der Waals surface area contributed by atoms with Gasteiger partial charge in [-0.1, -0.05) is 19.1 Å². The third-order valence-corrected chi connectivity index (χ3v) is 3.68. The number of carbonyl (C=O) groups excluding carboxylic acids is 1. The van der Waals surface area contributed by atoms with Gasteiger partial charge >= 0.3 is 0 Å². The Balaban J connectivity index is 2.00. The molecular formula is C16H24N2O2. The molecule has 1 saturated heterocycles. The summed E-state index contributed by atoms with van der Waals surface area (Å²) < 4.78 is 5.58. The average molecular weight is 276 g/mol. The van der Waals surface area contributed by atoms with Crippen LogP contribution in [0.15, 0.2) is 24.3 Å². The fourth-order valence-electron chi connectivity index (χ4n) is 2.63. The van der Waals surface area contributed by atoms with E-state index in [4.69, 9.17) is 10.5 Å². The molecule has 1 heterocycles. The van der Waals surface area contributed by atoms with E-state index in [0.29, 0.717) is 18.7 Å². The molecule has 4 nitrogen and oxygen atoms in total. The zero-order valence-corrected chi connectivity index (χ0v) is 12.2. The van der Waals surface area contributed by atoms with Crippen molar-refractivity contribution in [2.24, 2.45) is 0 Å². The van der Waals surface area contributed by atoms with Gasteiger partial charge < -0.3 is 15.4 Å². The molecular weight excluding hydrogens is 252 g/mol. The maximum atomic E-state index is 12.5. The molecule has 0 saturated carbocycles. The number of nitrogens with zero attached hydrogens (tertiary/aromatic N) is 1. The third-order valence-electron chi connectivity index (χ3n) is 3.68. The number of nitrogens with two attached hydrogens (primary N) is 1. The zero-order chi connectivity index (χ0) is 14.4. The van der Waals surface area contributed by atoms with Gasteiger partial charge in [0.15, 0.2) is 0 Å². The standard InChI is InChI=1S/C16H24N2O2/c1-2-11-18(15-8-4-3-7-14(15)17)16(19)10-9-13-6-5-12-20-13/h3-4,7-8,13H,2,5-6,9-12,17H2,1H3. The fourth-order valence-corrected chi connectivity index (χ4v) is 2.63. The quantitative estimate of drug-likeness (QED) is 0.813. The molecule has 1 aliphatic rings. The largest absolute Gasteiger partial charge is 0.397 e. The van der Waals surface area contributed by atoms with Gasteiger partial charge in [-0.2, -0.15) is 0 Å². The van der Waals surface area contributed by atoms with E-state index in [9.17, 15) is 4.79 Å². The van der Waals surface area contributed by atoms with E-state index in [1.54, 1.807) is 0 Å². The Hall–Kier alpha value is -1.55. The number of ether oxygens (including phenoxy) is 1. The SMILES string of the molecule is CCCN(C(=O)CCC1CCCO1)c1ccccc1N. The first-order valence-corrected chi connectivity index (χ1v) is 7.49. The van der Waals surface area contributed by atoms with Crippen LogP contribution in [0, 0.1) is 0 Å². The maximum Gasteiger partial charge on any atom is 0.227 e. The number of nitrogen functional groups attached to an aromatic ring is 1. The summed E-state index contributed by atoms with van der Waals surface area (Å²) in [6.45, 7) is 3.61. The van der Waals surface area contributed by atoms with Crippen molar-refractivity contribution >= 4 is 17.3 Å². The number of rotatable bonds is 6. The van der Waals surface area contributed by atoms with E-state index in [2.05, 4.69) is 6.92 Å². The van der Waals surface area contributed by atoms with Crippen LogP contribution in [-0.4, -0.2) is 25.2 Å². The van der Waals surface area contributed by atoms with Gasteiger partial charge in [-0.15, -0.1) is 0 Å². The summed E-state index contributed by atoms with van der Waals surface area (Å²) in [4.78, 5) is 14.3. The van der Waals surface area contributed by atoms with Crippen LogP contribution in [0.3, 0.4) is 0 Å². The number of hydrogen-bond acceptors (Lipinski definition) is 3. The predicted octanol–water partition coefficient (Wildman–Crippen LogP) is 2.97. The van der Waals surface area contributed by atoms with Crippen LogP contribution in [0.2, 0.25) is 0 Å². The summed E-state index contributed by atoms with van der Waals surface area (Å²) in [5.41, 5.74) is 7.47. The molecule has 0 bridgehead atoms. The first kappa shape index (κ1) is 14.9. The number of amides is 1. The summed E-state index contributed by atoms with van der Waals surface area (Å²) in [6, 6.07) is 7.56. The van der Waals surface area contributed by atoms with Gasteiger partial charge in [-0.25, -0.2) is 0 Å². The molecule has 1 amide bonds. The lowest BCUT2D eigenvalue weighted by atomic mass is 10.1. The molecule has 1 unspecified atom stereocenters. The Morgan fingerprint density at radius 1 is 1.45 bits per heavy atom. The van der Waals surface area contributed by atoms with Crippen LogP contribution in [-0.2, 0) is 9.53 Å². The minimum absolute atomic E-state index is 0.139. The maximum absolute atomic E-state index is 12.5. The summed E-state index contributed by atoms with van der Waals surface area (Å²) in [7, 11) is 0. The van der Waals surface area contributed by atoms with Gasteiger partial charge in [0.05, 0.1) is 17.5 Å². The van der Waals surface area contributed by atoms with Gasteiger partial charge in [0, 0.05) is 19.6 Å². The lowest BCUT2D eigenvalue weighted by Gasteiger charge is -2.24. The van der Waals surface area contributed by atoms with Crippen molar-refractivity contribution in [3.05, 3.63) is 24.3 Å². The van der Waals surface area contributed by atoms with Crippen LogP contribution >= 0.6 is 0 Å². The highest BCUT2D eigenvalue weighted by atomic mass is 16.5. The molecule has 1 aromatic rings. The number of para-hydroxylation sites is 2. The van der Waals surface area contributed by atoms with E-state index in [-0.39, 0.29) is 12.0 Å². The van der Waals surface area contributed by atoms with Crippen molar-refractivity contribution in [1.29, 1.82) is 0 Å². The number of hydrogen-bond donors (Lipinski definition) is 1. The number of benzene rings is 1. The van der Waals surface area contributed by atoms with Crippen molar-refractivity contribution in [3.63, 3.8) is 0 Å². The Kier molecular flexibility index (Phi) is 5.41. The molecule has 0 spiro atoms. The van der Waals surface area contributed by atoms with Crippen LogP contribution < -0.4 is 10.6 Å². The highest BCUT2D eigenvalue weighted by molar-refractivity contribution is 5.96. The van der Waals surface area contributed by atoms with Crippen LogP contribution in [0.1, 0.15) is 39.0 Å². The van der Waals surface area contributed by atoms with Crippen LogP contribution in [0.5, 0.6) is 0 Å². The Morgan fingerprint density at radius 3 is 2.90 bits per heavy atom. The molecule has 1 fully saturated rings. The average Bonchev–Trinajstić information content (AvgIpc) is 2.96. The first-order valence-electron chi connectivity index (χ1n) is 7.49. The molecule has 1 atom stereocenters. The van der Waals surface area contributed by atoms with Crippen molar-refractivity contribution in [3.8, 4) is 0 Å². The monoisotopic (exact) mass is 276 g/mol. The molecule has 20 heavy (non-hydrogen) atoms. The third kappa shape index (κ3) is 3.73. The van der Waals surface area contributed by atoms with Crippen molar-refractivity contribution in [2.45, 2.75) is 45.1 Å². The summed E-state index contributed by atoms with van der Waals surface area (Å²) in [5.74, 6) is 0.139. The summed E-state index contributed by atoms with van der Waals surface area (Å²) in [5, 5.41) is 0. The molecule has 1 aliphatic heterocycles. The lowest BCUT2D eigenvalue weighted by molar-refractivity contribution is -0.119. The highest BCUT2D eigenvalue weighted by Gasteiger charge is 2.21. The smallest absolute Gasteiger partial charge is 0.227 e. The molecule has 110 valence electrons. The molecule has 0 aromatic heterocycles. The summed E-state index contributed by atoms with van der Waals surface area (Å²) >= 11 is 0. The van der Waals surface area contributed by atoms with E-state index >= 15 is 0 Å². The van der Waals surface area contributed by atoms with Crippen LogP contribution in [0.4, 0.5) is 11.4 Å². The van der Waals surface area contributed by atoms with E-state index in [0.717, 1.165) is 38.0 Å². The predicted molar refractivity (Wildman–Crippen MR) is 81.7 cm³/mol. The second-order valence-electron chi connectivity index (χ2n) is 5.28. The van der Waals surface area contributed by atoms with E-state index < -0.39 is 0 Å². The topological polar surface area (TPSA) is 55.6 Å². The number of anilines is 2. The molecule has 0 aliphatic carbocycles. The number of carbonyl (C=O) groups is 1. The first-order chi connectivity index (χ1) is 9.72. The van der Waals surface area contributed by atoms with Crippen molar-refractivity contribution < 1.29 is 9.53 Å². The fraction of sp³-hybridized carbons (Fsp3) is 0.562. The van der Waals surface area contributed by atoms with Gasteiger partial charge in [0.2, 0.25) is 5.91 Å². The zero-order valence-electron chi connectivity index (χ0n) is 12.2. The lowest BCUT2D eigenvalue weighted by Crippen LogP contribution is -2.32. The Labute approximate surface area is 120 Å². The van der Waals surface area contributed by atoms with Gasteiger partial charge in [0.25, 0.3) is 0 Å². The van der Waals surface area contributed by atoms with E-state index in [1.165, 1.54) is 0 Å². The van der Waals surface area contributed by atoms with Gasteiger partial charge in [-0.05, 0) is 37.8 Å².